The fraction of sp³-hybridized carbons (Fsp3) is 0.111. The number of benzene rings is 1. The van der Waals surface area contributed by atoms with Crippen LogP contribution >= 0.6 is 0 Å². The molecule has 16 heavy (non-hydrogen) atoms. The molecule has 0 aliphatic heterocycles. The molecule has 0 saturated carbocycles. The van der Waals surface area contributed by atoms with Crippen LogP contribution in [-0.2, 0) is 4.74 Å². The highest BCUT2D eigenvalue weighted by Gasteiger charge is 2.10. The van der Waals surface area contributed by atoms with Gasteiger partial charge < -0.3 is 4.74 Å². The standard InChI is InChI=1S/C9H9N5O2/c1-16-9(15)10-7-5-3-2-4-6(7)8-11-13-14-12-8/h2-5H,1H3,(H,10,15)(H,11,12,13,14). The molecule has 0 spiro atoms. The molecule has 1 aromatic heterocycles. The lowest BCUT2D eigenvalue weighted by Gasteiger charge is -2.06. The summed E-state index contributed by atoms with van der Waals surface area (Å²) in [4.78, 5) is 11.1. The number of tetrazole rings is 1. The quantitative estimate of drug-likeness (QED) is 0.787. The molecule has 7 heteroatoms. The lowest BCUT2D eigenvalue weighted by molar-refractivity contribution is 0.187. The number of carbonyl (C=O) groups excluding carboxylic acids is 1. The number of methoxy groups -OCH3 is 1. The Morgan fingerprint density at radius 1 is 1.44 bits per heavy atom. The lowest BCUT2D eigenvalue weighted by Crippen LogP contribution is -2.11. The number of aromatic amines is 1. The predicted octanol–water partition coefficient (Wildman–Crippen LogP) is 1.04. The Morgan fingerprint density at radius 2 is 2.25 bits per heavy atom. The number of ether oxygens (including phenoxy) is 1. The molecule has 7 nitrogen and oxygen atoms in total. The maximum Gasteiger partial charge on any atom is 0.411 e. The average molecular weight is 219 g/mol. The molecule has 1 heterocycles. The molecular formula is C9H9N5O2. The molecule has 2 rings (SSSR count). The second kappa shape index (κ2) is 4.39. The minimum Gasteiger partial charge on any atom is -0.453 e. The summed E-state index contributed by atoms with van der Waals surface area (Å²) >= 11 is 0. The molecule has 2 aromatic rings. The van der Waals surface area contributed by atoms with Gasteiger partial charge in [0.25, 0.3) is 0 Å². The maximum absolute atomic E-state index is 11.1. The third-order valence-electron chi connectivity index (χ3n) is 1.94. The molecule has 2 N–H and O–H groups in total. The number of carbonyl (C=O) groups is 1. The highest BCUT2D eigenvalue weighted by molar-refractivity contribution is 5.90. The normalized spacial score (nSPS) is 9.81. The molecule has 0 aliphatic rings. The molecule has 1 amide bonds. The maximum atomic E-state index is 11.1. The average Bonchev–Trinajstić information content (AvgIpc) is 2.83. The monoisotopic (exact) mass is 219 g/mol. The van der Waals surface area contributed by atoms with E-state index >= 15 is 0 Å². The van der Waals surface area contributed by atoms with E-state index in [-0.39, 0.29) is 0 Å². The molecule has 1 aromatic carbocycles. The Balaban J connectivity index is 2.35. The van der Waals surface area contributed by atoms with Crippen molar-refractivity contribution in [3.05, 3.63) is 24.3 Å². The number of nitrogens with one attached hydrogen (secondary N) is 2. The molecule has 0 fully saturated rings. The van der Waals surface area contributed by atoms with Gasteiger partial charge in [0.05, 0.1) is 12.8 Å². The van der Waals surface area contributed by atoms with Crippen molar-refractivity contribution in [2.75, 3.05) is 12.4 Å². The number of para-hydroxylation sites is 1. The first kappa shape index (κ1) is 10.1. The Hall–Kier alpha value is -2.44. The Bertz CT molecular complexity index is 482. The third-order valence-corrected chi connectivity index (χ3v) is 1.94. The van der Waals surface area contributed by atoms with E-state index in [2.05, 4.69) is 30.7 Å². The lowest BCUT2D eigenvalue weighted by atomic mass is 10.1. The zero-order valence-corrected chi connectivity index (χ0v) is 8.47. The minimum absolute atomic E-state index is 0.409. The van der Waals surface area contributed by atoms with Gasteiger partial charge in [0.1, 0.15) is 0 Å². The van der Waals surface area contributed by atoms with Crippen molar-refractivity contribution in [1.29, 1.82) is 0 Å². The van der Waals surface area contributed by atoms with Crippen molar-refractivity contribution in [3.8, 4) is 11.4 Å². The van der Waals surface area contributed by atoms with E-state index < -0.39 is 6.09 Å². The Morgan fingerprint density at radius 3 is 2.94 bits per heavy atom. The van der Waals surface area contributed by atoms with E-state index in [9.17, 15) is 4.79 Å². The molecule has 0 unspecified atom stereocenters. The van der Waals surface area contributed by atoms with Gasteiger partial charge in [-0.15, -0.1) is 10.2 Å². The van der Waals surface area contributed by atoms with Gasteiger partial charge >= 0.3 is 6.09 Å². The van der Waals surface area contributed by atoms with E-state index in [1.54, 1.807) is 18.2 Å². The van der Waals surface area contributed by atoms with E-state index in [0.29, 0.717) is 17.1 Å². The van der Waals surface area contributed by atoms with Gasteiger partial charge in [0, 0.05) is 5.56 Å². The van der Waals surface area contributed by atoms with Crippen LogP contribution in [0.25, 0.3) is 11.4 Å². The predicted molar refractivity (Wildman–Crippen MR) is 55.6 cm³/mol. The number of amides is 1. The van der Waals surface area contributed by atoms with Crippen LogP contribution in [0.2, 0.25) is 0 Å². The van der Waals surface area contributed by atoms with Crippen molar-refractivity contribution in [2.45, 2.75) is 0 Å². The molecule has 0 atom stereocenters. The fourth-order valence-corrected chi connectivity index (χ4v) is 1.22. The van der Waals surface area contributed by atoms with Crippen LogP contribution < -0.4 is 5.32 Å². The third kappa shape index (κ3) is 1.97. The van der Waals surface area contributed by atoms with E-state index in [0.717, 1.165) is 0 Å². The zero-order valence-electron chi connectivity index (χ0n) is 8.47. The summed E-state index contributed by atoms with van der Waals surface area (Å²) in [7, 11) is 1.30. The molecule has 0 radical (unpaired) electrons. The second-order valence-electron chi connectivity index (χ2n) is 2.90. The van der Waals surface area contributed by atoms with Crippen LogP contribution in [0.15, 0.2) is 24.3 Å². The summed E-state index contributed by atoms with van der Waals surface area (Å²) in [5.41, 5.74) is 1.23. The highest BCUT2D eigenvalue weighted by Crippen LogP contribution is 2.23. The van der Waals surface area contributed by atoms with E-state index in [1.165, 1.54) is 7.11 Å². The summed E-state index contributed by atoms with van der Waals surface area (Å²) in [6.45, 7) is 0. The van der Waals surface area contributed by atoms with Crippen molar-refractivity contribution >= 4 is 11.8 Å². The highest BCUT2D eigenvalue weighted by atomic mass is 16.5. The first-order chi connectivity index (χ1) is 7.81. The van der Waals surface area contributed by atoms with Gasteiger partial charge in [-0.2, -0.15) is 5.21 Å². The number of hydrogen-bond acceptors (Lipinski definition) is 5. The second-order valence-corrected chi connectivity index (χ2v) is 2.90. The van der Waals surface area contributed by atoms with Crippen LogP contribution in [0.5, 0.6) is 0 Å². The Labute approximate surface area is 90.8 Å². The van der Waals surface area contributed by atoms with Crippen molar-refractivity contribution in [1.82, 2.24) is 20.6 Å². The summed E-state index contributed by atoms with van der Waals surface area (Å²) in [5.74, 6) is 0.409. The fourth-order valence-electron chi connectivity index (χ4n) is 1.22. The van der Waals surface area contributed by atoms with Crippen LogP contribution in [0.4, 0.5) is 10.5 Å². The number of anilines is 1. The number of hydrogen-bond donors (Lipinski definition) is 2. The first-order valence-corrected chi connectivity index (χ1v) is 4.49. The van der Waals surface area contributed by atoms with Crippen LogP contribution in [0, 0.1) is 0 Å². The van der Waals surface area contributed by atoms with Crippen molar-refractivity contribution < 1.29 is 9.53 Å². The SMILES string of the molecule is COC(=O)Nc1ccccc1-c1nn[nH]n1. The smallest absolute Gasteiger partial charge is 0.411 e. The van der Waals surface area contributed by atoms with E-state index in [1.807, 2.05) is 6.07 Å². The largest absolute Gasteiger partial charge is 0.453 e. The molecular weight excluding hydrogens is 210 g/mol. The van der Waals surface area contributed by atoms with Crippen LogP contribution in [0.1, 0.15) is 0 Å². The summed E-state index contributed by atoms with van der Waals surface area (Å²) in [6.07, 6.45) is -0.545. The van der Waals surface area contributed by atoms with Gasteiger partial charge in [-0.25, -0.2) is 4.79 Å². The summed E-state index contributed by atoms with van der Waals surface area (Å²) < 4.78 is 4.51. The Kier molecular flexibility index (Phi) is 2.77. The van der Waals surface area contributed by atoms with Gasteiger partial charge in [-0.1, -0.05) is 12.1 Å². The van der Waals surface area contributed by atoms with E-state index in [4.69, 9.17) is 0 Å². The zero-order chi connectivity index (χ0) is 11.4. The molecule has 82 valence electrons. The van der Waals surface area contributed by atoms with Gasteiger partial charge in [-0.3, -0.25) is 5.32 Å². The minimum atomic E-state index is -0.545. The topological polar surface area (TPSA) is 92.8 Å². The van der Waals surface area contributed by atoms with Crippen molar-refractivity contribution in [2.24, 2.45) is 0 Å². The molecule has 0 bridgehead atoms. The van der Waals surface area contributed by atoms with Crippen molar-refractivity contribution in [3.63, 3.8) is 0 Å². The summed E-state index contributed by atoms with van der Waals surface area (Å²) in [6, 6.07) is 7.10. The molecule has 0 saturated heterocycles. The summed E-state index contributed by atoms with van der Waals surface area (Å²) in [5, 5.41) is 16.1. The first-order valence-electron chi connectivity index (χ1n) is 4.49. The van der Waals surface area contributed by atoms with Crippen LogP contribution in [-0.4, -0.2) is 33.8 Å². The van der Waals surface area contributed by atoms with Gasteiger partial charge in [0.2, 0.25) is 5.82 Å². The number of nitrogens with zero attached hydrogens (tertiary/aromatic N) is 3. The number of rotatable bonds is 2. The molecule has 0 aliphatic carbocycles. The number of aromatic nitrogens is 4. The van der Waals surface area contributed by atoms with Gasteiger partial charge in [-0.05, 0) is 17.3 Å². The number of H-pyrrole nitrogens is 1. The van der Waals surface area contributed by atoms with Gasteiger partial charge in [0.15, 0.2) is 0 Å². The van der Waals surface area contributed by atoms with Crippen LogP contribution in [0.3, 0.4) is 0 Å².